The third kappa shape index (κ3) is 4.38. The van der Waals surface area contributed by atoms with Gasteiger partial charge >= 0.3 is 0 Å². The van der Waals surface area contributed by atoms with Crippen LogP contribution in [-0.2, 0) is 19.4 Å². The SMILES string of the molecule is Cc1ccc(Cc2ccc3c(c2)c2cc(Cc4ccc(C)c(C)c4)ccc2n3CCCl)c(C)c1. The summed E-state index contributed by atoms with van der Waals surface area (Å²) in [4.78, 5) is 0. The van der Waals surface area contributed by atoms with Gasteiger partial charge in [-0.05, 0) is 104 Å². The van der Waals surface area contributed by atoms with Gasteiger partial charge in [0.2, 0.25) is 0 Å². The van der Waals surface area contributed by atoms with E-state index < -0.39 is 0 Å². The van der Waals surface area contributed by atoms with Crippen molar-refractivity contribution in [1.29, 1.82) is 0 Å². The van der Waals surface area contributed by atoms with E-state index in [4.69, 9.17) is 11.6 Å². The second-order valence-corrected chi connectivity index (χ2v) is 10.1. The van der Waals surface area contributed by atoms with Crippen LogP contribution in [0.2, 0.25) is 0 Å². The molecule has 34 heavy (non-hydrogen) atoms. The van der Waals surface area contributed by atoms with E-state index in [2.05, 4.69) is 105 Å². The highest BCUT2D eigenvalue weighted by atomic mass is 35.5. The Morgan fingerprint density at radius 1 is 0.588 bits per heavy atom. The van der Waals surface area contributed by atoms with Crippen LogP contribution < -0.4 is 0 Å². The predicted molar refractivity (Wildman–Crippen MR) is 148 cm³/mol. The smallest absolute Gasteiger partial charge is 0.0491 e. The number of fused-ring (bicyclic) bond motifs is 3. The van der Waals surface area contributed by atoms with E-state index in [1.807, 2.05) is 0 Å². The molecule has 1 nitrogen and oxygen atoms in total. The van der Waals surface area contributed by atoms with Crippen LogP contribution >= 0.6 is 11.6 Å². The minimum atomic E-state index is 0.605. The van der Waals surface area contributed by atoms with Gasteiger partial charge in [0.25, 0.3) is 0 Å². The molecule has 0 radical (unpaired) electrons. The second-order valence-electron chi connectivity index (χ2n) is 9.75. The molecule has 0 N–H and O–H groups in total. The van der Waals surface area contributed by atoms with Crippen LogP contribution in [0.25, 0.3) is 21.8 Å². The molecule has 0 aliphatic heterocycles. The summed E-state index contributed by atoms with van der Waals surface area (Å²) in [6, 6.07) is 27.5. The normalized spacial score (nSPS) is 11.6. The van der Waals surface area contributed by atoms with Crippen molar-refractivity contribution < 1.29 is 0 Å². The highest BCUT2D eigenvalue weighted by Crippen LogP contribution is 2.32. The van der Waals surface area contributed by atoms with E-state index in [0.717, 1.165) is 19.4 Å². The number of aromatic nitrogens is 1. The molecule has 0 aliphatic carbocycles. The van der Waals surface area contributed by atoms with Crippen molar-refractivity contribution in [2.24, 2.45) is 0 Å². The molecule has 1 heterocycles. The maximum Gasteiger partial charge on any atom is 0.0491 e. The minimum Gasteiger partial charge on any atom is -0.339 e. The van der Waals surface area contributed by atoms with Crippen molar-refractivity contribution in [2.45, 2.75) is 47.1 Å². The number of aryl methyl sites for hydroxylation is 5. The molecule has 0 fully saturated rings. The Labute approximate surface area is 208 Å². The van der Waals surface area contributed by atoms with Gasteiger partial charge in [0.1, 0.15) is 0 Å². The molecule has 2 heteroatoms. The molecule has 0 bridgehead atoms. The average molecular weight is 466 g/mol. The van der Waals surface area contributed by atoms with Crippen molar-refractivity contribution in [2.75, 3.05) is 5.88 Å². The van der Waals surface area contributed by atoms with Crippen molar-refractivity contribution >= 4 is 33.4 Å². The van der Waals surface area contributed by atoms with Crippen molar-refractivity contribution in [3.05, 3.63) is 117 Å². The first-order valence-electron chi connectivity index (χ1n) is 12.1. The van der Waals surface area contributed by atoms with E-state index in [-0.39, 0.29) is 0 Å². The first kappa shape index (κ1) is 22.7. The first-order valence-corrected chi connectivity index (χ1v) is 12.7. The zero-order valence-electron chi connectivity index (χ0n) is 20.6. The number of nitrogens with zero attached hydrogens (tertiary/aromatic N) is 1. The number of benzene rings is 4. The van der Waals surface area contributed by atoms with Crippen molar-refractivity contribution in [3.63, 3.8) is 0 Å². The van der Waals surface area contributed by atoms with Gasteiger partial charge in [-0.1, -0.05) is 54.1 Å². The van der Waals surface area contributed by atoms with Crippen LogP contribution in [0.3, 0.4) is 0 Å². The number of hydrogen-bond donors (Lipinski definition) is 0. The number of hydrogen-bond acceptors (Lipinski definition) is 0. The maximum absolute atomic E-state index is 6.21. The summed E-state index contributed by atoms with van der Waals surface area (Å²) in [5, 5.41) is 2.65. The third-order valence-electron chi connectivity index (χ3n) is 7.17. The van der Waals surface area contributed by atoms with E-state index in [9.17, 15) is 0 Å². The van der Waals surface area contributed by atoms with Crippen LogP contribution in [0, 0.1) is 27.7 Å². The Balaban J connectivity index is 1.58. The molecule has 0 saturated carbocycles. The average Bonchev–Trinajstić information content (AvgIpc) is 3.11. The number of alkyl halides is 1. The Morgan fingerprint density at radius 2 is 1.21 bits per heavy atom. The molecule has 0 unspecified atom stereocenters. The zero-order valence-corrected chi connectivity index (χ0v) is 21.3. The fourth-order valence-electron chi connectivity index (χ4n) is 5.16. The lowest BCUT2D eigenvalue weighted by Crippen LogP contribution is -1.99. The summed E-state index contributed by atoms with van der Waals surface area (Å²) < 4.78 is 2.37. The lowest BCUT2D eigenvalue weighted by atomic mass is 9.97. The van der Waals surface area contributed by atoms with Gasteiger partial charge in [0, 0.05) is 34.2 Å². The monoisotopic (exact) mass is 465 g/mol. The molecule has 0 amide bonds. The van der Waals surface area contributed by atoms with E-state index >= 15 is 0 Å². The summed E-state index contributed by atoms with van der Waals surface area (Å²) in [5.74, 6) is 0.605. The first-order chi connectivity index (χ1) is 16.4. The lowest BCUT2D eigenvalue weighted by molar-refractivity contribution is 0.833. The lowest BCUT2D eigenvalue weighted by Gasteiger charge is -2.08. The van der Waals surface area contributed by atoms with Gasteiger partial charge in [0.15, 0.2) is 0 Å². The van der Waals surface area contributed by atoms with Crippen LogP contribution in [-0.4, -0.2) is 10.4 Å². The van der Waals surface area contributed by atoms with Gasteiger partial charge in [0.05, 0.1) is 0 Å². The number of halogens is 1. The van der Waals surface area contributed by atoms with Gasteiger partial charge in [-0.15, -0.1) is 11.6 Å². The minimum absolute atomic E-state index is 0.605. The fourth-order valence-corrected chi connectivity index (χ4v) is 5.33. The summed E-state index contributed by atoms with van der Waals surface area (Å²) in [5.41, 5.74) is 13.4. The molecule has 4 aromatic carbocycles. The maximum atomic E-state index is 6.21. The largest absolute Gasteiger partial charge is 0.339 e. The van der Waals surface area contributed by atoms with Crippen molar-refractivity contribution in [1.82, 2.24) is 4.57 Å². The van der Waals surface area contributed by atoms with Crippen LogP contribution in [0.4, 0.5) is 0 Å². The zero-order chi connectivity index (χ0) is 23.8. The summed E-state index contributed by atoms with van der Waals surface area (Å²) in [7, 11) is 0. The molecule has 172 valence electrons. The van der Waals surface area contributed by atoms with Gasteiger partial charge < -0.3 is 4.57 Å². The molecule has 0 atom stereocenters. The predicted octanol–water partition coefficient (Wildman–Crippen LogP) is 8.45. The molecular formula is C32H32ClN. The Kier molecular flexibility index (Phi) is 6.23. The highest BCUT2D eigenvalue weighted by molar-refractivity contribution is 6.18. The topological polar surface area (TPSA) is 4.93 Å². The second kappa shape index (κ2) is 9.31. The van der Waals surface area contributed by atoms with Gasteiger partial charge in [-0.3, -0.25) is 0 Å². The van der Waals surface area contributed by atoms with Crippen LogP contribution in [0.1, 0.15) is 44.5 Å². The van der Waals surface area contributed by atoms with Crippen LogP contribution in [0.5, 0.6) is 0 Å². The van der Waals surface area contributed by atoms with E-state index in [0.29, 0.717) is 5.88 Å². The molecule has 0 spiro atoms. The Bertz CT molecular complexity index is 1510. The Hall–Kier alpha value is -3.03. The van der Waals surface area contributed by atoms with Gasteiger partial charge in [-0.25, -0.2) is 0 Å². The number of rotatable bonds is 6. The third-order valence-corrected chi connectivity index (χ3v) is 7.34. The molecule has 1 aromatic heterocycles. The molecular weight excluding hydrogens is 434 g/mol. The molecule has 0 saturated heterocycles. The molecule has 0 aliphatic rings. The summed E-state index contributed by atoms with van der Waals surface area (Å²) >= 11 is 6.21. The Morgan fingerprint density at radius 3 is 1.82 bits per heavy atom. The quantitative estimate of drug-likeness (QED) is 0.222. The van der Waals surface area contributed by atoms with E-state index in [1.54, 1.807) is 0 Å². The molecule has 5 aromatic rings. The highest BCUT2D eigenvalue weighted by Gasteiger charge is 2.13. The summed E-state index contributed by atoms with van der Waals surface area (Å²) in [6.45, 7) is 9.55. The van der Waals surface area contributed by atoms with Crippen LogP contribution in [0.15, 0.2) is 72.8 Å². The molecule has 5 rings (SSSR count). The standard InChI is InChI=1S/C32H32ClN/c1-21-5-10-28(24(4)15-21)18-27-9-12-32-30(20-27)29-19-26(8-11-31(29)34(32)14-13-33)17-25-7-6-22(2)23(3)16-25/h5-12,15-16,19-20H,13-14,17-18H2,1-4H3. The van der Waals surface area contributed by atoms with Crippen molar-refractivity contribution in [3.8, 4) is 0 Å². The summed E-state index contributed by atoms with van der Waals surface area (Å²) in [6.07, 6.45) is 1.90. The fraction of sp³-hybridized carbons (Fsp3) is 0.250. The van der Waals surface area contributed by atoms with E-state index in [1.165, 1.54) is 66.3 Å². The van der Waals surface area contributed by atoms with Gasteiger partial charge in [-0.2, -0.15) is 0 Å².